The van der Waals surface area contributed by atoms with Crippen molar-refractivity contribution in [3.63, 3.8) is 0 Å². The topological polar surface area (TPSA) is 8.17 Å². The average Bonchev–Trinajstić information content (AvgIpc) is 3.80. The van der Waals surface area contributed by atoms with Gasteiger partial charge < -0.3 is 9.47 Å². The maximum Gasteiger partial charge on any atom is 0.0541 e. The maximum absolute atomic E-state index is 2.42. The SMILES string of the molecule is c1cc(N(c2ccc(-c3ccc4ccccc4c3)cc2)c2ccccc2-c2ccc3sc4ccccc4c3c2)cc(-n2c3ccccc3c3ccccc32)c1. The molecular weight excluding hydrogens is 685 g/mol. The smallest absolute Gasteiger partial charge is 0.0541 e. The van der Waals surface area contributed by atoms with E-state index in [9.17, 15) is 0 Å². The van der Waals surface area contributed by atoms with Crippen LogP contribution < -0.4 is 4.90 Å². The van der Waals surface area contributed by atoms with Crippen molar-refractivity contribution in [3.8, 4) is 27.9 Å². The number of benzene rings is 9. The van der Waals surface area contributed by atoms with Gasteiger partial charge in [0.25, 0.3) is 0 Å². The van der Waals surface area contributed by atoms with Crippen molar-refractivity contribution >= 4 is 81.1 Å². The summed E-state index contributed by atoms with van der Waals surface area (Å²) >= 11 is 1.86. The first-order valence-corrected chi connectivity index (χ1v) is 19.6. The zero-order valence-electron chi connectivity index (χ0n) is 29.9. The number of hydrogen-bond acceptors (Lipinski definition) is 2. The second-order valence-electron chi connectivity index (χ2n) is 14.2. The minimum Gasteiger partial charge on any atom is -0.310 e. The fourth-order valence-electron chi connectivity index (χ4n) is 8.38. The summed E-state index contributed by atoms with van der Waals surface area (Å²) in [5, 5.41) is 7.62. The number of aromatic nitrogens is 1. The summed E-state index contributed by atoms with van der Waals surface area (Å²) in [7, 11) is 0. The first-order valence-electron chi connectivity index (χ1n) is 18.8. The second-order valence-corrected chi connectivity index (χ2v) is 15.2. The highest BCUT2D eigenvalue weighted by Gasteiger charge is 2.20. The van der Waals surface area contributed by atoms with Crippen LogP contribution in [0.1, 0.15) is 0 Å². The van der Waals surface area contributed by atoms with E-state index in [0.29, 0.717) is 0 Å². The summed E-state index contributed by atoms with van der Waals surface area (Å²) < 4.78 is 5.02. The highest BCUT2D eigenvalue weighted by molar-refractivity contribution is 7.25. The Balaban J connectivity index is 1.10. The standard InChI is InChI=1S/C52H34N2S/c1-2-13-37-32-38(25-24-35(37)12-1)36-26-29-40(30-27-36)53(41-14-11-15-42(34-41)54-49-21-8-4-17-44(49)45-18-5-9-22-50(45)54)48-20-7-3-16-43(48)39-28-31-52-47(33-39)46-19-6-10-23-51(46)55-52/h1-34H. The quantitative estimate of drug-likeness (QED) is 0.166. The van der Waals surface area contributed by atoms with E-state index < -0.39 is 0 Å². The first kappa shape index (κ1) is 31.6. The molecule has 2 nitrogen and oxygen atoms in total. The molecule has 258 valence electrons. The number of anilines is 3. The third kappa shape index (κ3) is 5.32. The monoisotopic (exact) mass is 718 g/mol. The second kappa shape index (κ2) is 12.9. The molecule has 3 heteroatoms. The molecule has 0 aliphatic carbocycles. The molecular formula is C52H34N2S. The lowest BCUT2D eigenvalue weighted by molar-refractivity contribution is 1.17. The van der Waals surface area contributed by atoms with E-state index in [-0.39, 0.29) is 0 Å². The van der Waals surface area contributed by atoms with Gasteiger partial charge in [0.15, 0.2) is 0 Å². The lowest BCUT2D eigenvalue weighted by atomic mass is 9.99. The van der Waals surface area contributed by atoms with Gasteiger partial charge in [-0.1, -0.05) is 133 Å². The Morgan fingerprint density at radius 1 is 0.364 bits per heavy atom. The summed E-state index contributed by atoms with van der Waals surface area (Å²) in [6, 6.07) is 75.3. The van der Waals surface area contributed by atoms with Crippen LogP contribution in [0.2, 0.25) is 0 Å². The molecule has 0 aliphatic heterocycles. The van der Waals surface area contributed by atoms with Crippen molar-refractivity contribution in [2.24, 2.45) is 0 Å². The predicted octanol–water partition coefficient (Wildman–Crippen LogP) is 15.1. The van der Waals surface area contributed by atoms with Gasteiger partial charge in [0, 0.05) is 53.6 Å². The van der Waals surface area contributed by atoms with Crippen LogP contribution in [0.25, 0.3) is 80.7 Å². The normalized spacial score (nSPS) is 11.6. The molecule has 0 radical (unpaired) electrons. The van der Waals surface area contributed by atoms with Crippen molar-refractivity contribution < 1.29 is 0 Å². The lowest BCUT2D eigenvalue weighted by Crippen LogP contribution is -2.11. The van der Waals surface area contributed by atoms with E-state index in [2.05, 4.69) is 216 Å². The Morgan fingerprint density at radius 3 is 1.82 bits per heavy atom. The van der Waals surface area contributed by atoms with Crippen LogP contribution in [0.3, 0.4) is 0 Å². The molecule has 0 saturated heterocycles. The van der Waals surface area contributed by atoms with Crippen LogP contribution in [-0.2, 0) is 0 Å². The largest absolute Gasteiger partial charge is 0.310 e. The molecule has 0 amide bonds. The van der Waals surface area contributed by atoms with Crippen LogP contribution in [0.5, 0.6) is 0 Å². The minimum atomic E-state index is 1.09. The molecule has 0 saturated carbocycles. The predicted molar refractivity (Wildman–Crippen MR) is 237 cm³/mol. The Hall–Kier alpha value is -6.94. The van der Waals surface area contributed by atoms with Gasteiger partial charge >= 0.3 is 0 Å². The highest BCUT2D eigenvalue weighted by atomic mass is 32.1. The number of thiophene rings is 1. The number of para-hydroxylation sites is 3. The molecule has 0 bridgehead atoms. The van der Waals surface area contributed by atoms with E-state index in [1.165, 1.54) is 75.0 Å². The Kier molecular flexibility index (Phi) is 7.39. The summed E-state index contributed by atoms with van der Waals surface area (Å²) in [4.78, 5) is 2.42. The fraction of sp³-hybridized carbons (Fsp3) is 0. The van der Waals surface area contributed by atoms with Gasteiger partial charge in [0.2, 0.25) is 0 Å². The van der Waals surface area contributed by atoms with Gasteiger partial charge in [-0.05, 0) is 100 Å². The van der Waals surface area contributed by atoms with Crippen LogP contribution in [0, 0.1) is 0 Å². The van der Waals surface area contributed by atoms with Crippen LogP contribution in [0.4, 0.5) is 17.1 Å². The van der Waals surface area contributed by atoms with Crippen LogP contribution in [0.15, 0.2) is 206 Å². The Bertz CT molecular complexity index is 3170. The third-order valence-electron chi connectivity index (χ3n) is 11.0. The van der Waals surface area contributed by atoms with Crippen molar-refractivity contribution in [2.75, 3.05) is 4.90 Å². The molecule has 0 N–H and O–H groups in total. The summed E-state index contributed by atoms with van der Waals surface area (Å²) in [5.41, 5.74) is 11.6. The van der Waals surface area contributed by atoms with Gasteiger partial charge in [0.05, 0.1) is 16.7 Å². The maximum atomic E-state index is 2.42. The number of nitrogens with zero attached hydrogens (tertiary/aromatic N) is 2. The molecule has 9 aromatic carbocycles. The highest BCUT2D eigenvalue weighted by Crippen LogP contribution is 2.44. The molecule has 0 atom stereocenters. The third-order valence-corrected chi connectivity index (χ3v) is 12.1. The fourth-order valence-corrected chi connectivity index (χ4v) is 9.46. The van der Waals surface area contributed by atoms with Gasteiger partial charge in [-0.3, -0.25) is 0 Å². The van der Waals surface area contributed by atoms with Crippen molar-refractivity contribution in [1.82, 2.24) is 4.57 Å². The lowest BCUT2D eigenvalue weighted by Gasteiger charge is -2.28. The molecule has 55 heavy (non-hydrogen) atoms. The molecule has 0 unspecified atom stereocenters. The number of rotatable bonds is 6. The minimum absolute atomic E-state index is 1.09. The van der Waals surface area contributed by atoms with Crippen molar-refractivity contribution in [1.29, 1.82) is 0 Å². The van der Waals surface area contributed by atoms with Crippen LogP contribution in [-0.4, -0.2) is 4.57 Å². The van der Waals surface area contributed by atoms with E-state index in [0.717, 1.165) is 22.7 Å². The van der Waals surface area contributed by atoms with Gasteiger partial charge in [-0.2, -0.15) is 0 Å². The van der Waals surface area contributed by atoms with Crippen molar-refractivity contribution in [2.45, 2.75) is 0 Å². The van der Waals surface area contributed by atoms with Gasteiger partial charge in [-0.15, -0.1) is 11.3 Å². The summed E-state index contributed by atoms with van der Waals surface area (Å²) in [6.07, 6.45) is 0. The molecule has 2 heterocycles. The molecule has 0 fully saturated rings. The van der Waals surface area contributed by atoms with Crippen LogP contribution >= 0.6 is 11.3 Å². The zero-order chi connectivity index (χ0) is 36.3. The van der Waals surface area contributed by atoms with E-state index in [4.69, 9.17) is 0 Å². The Morgan fingerprint density at radius 2 is 1.00 bits per heavy atom. The first-order chi connectivity index (χ1) is 27.3. The molecule has 0 spiro atoms. The zero-order valence-corrected chi connectivity index (χ0v) is 30.7. The number of fused-ring (bicyclic) bond motifs is 7. The summed E-state index contributed by atoms with van der Waals surface area (Å²) in [5.74, 6) is 0. The molecule has 0 aliphatic rings. The van der Waals surface area contributed by atoms with Crippen molar-refractivity contribution in [3.05, 3.63) is 206 Å². The van der Waals surface area contributed by atoms with Gasteiger partial charge in [-0.25, -0.2) is 0 Å². The van der Waals surface area contributed by atoms with E-state index >= 15 is 0 Å². The van der Waals surface area contributed by atoms with E-state index in [1.54, 1.807) is 0 Å². The summed E-state index contributed by atoms with van der Waals surface area (Å²) in [6.45, 7) is 0. The average molecular weight is 719 g/mol. The Labute approximate surface area is 323 Å². The molecule has 11 aromatic rings. The number of hydrogen-bond donors (Lipinski definition) is 0. The molecule has 11 rings (SSSR count). The van der Waals surface area contributed by atoms with E-state index in [1.807, 2.05) is 11.3 Å². The molecule has 2 aromatic heterocycles. The van der Waals surface area contributed by atoms with Gasteiger partial charge in [0.1, 0.15) is 0 Å².